The smallest absolute Gasteiger partial charge is 0.306 e. The molecule has 0 amide bonds. The van der Waals surface area contributed by atoms with Crippen LogP contribution in [0.4, 0.5) is 0 Å². The van der Waals surface area contributed by atoms with Gasteiger partial charge in [-0.3, -0.25) is 14.4 Å². The Kier molecular flexibility index (Phi) is 50.1. The standard InChI is InChI=1S/C57H110O6/c1-5-8-10-12-14-16-18-19-20-21-25-29-32-36-40-44-48-55(58)61-51-54(63-57(60)50-46-42-38-34-27-17-15-13-11-9-6-2)52-62-56(59)49-45-41-37-33-30-26-23-22-24-28-31-35-39-43-47-53(4)7-3/h53-54H,5-52H2,1-4H3/t53?,54-/m0/s1. The normalized spacial score (nSPS) is 12.4. The van der Waals surface area contributed by atoms with Crippen LogP contribution in [0.3, 0.4) is 0 Å². The van der Waals surface area contributed by atoms with Crippen molar-refractivity contribution in [3.8, 4) is 0 Å². The van der Waals surface area contributed by atoms with Gasteiger partial charge in [-0.15, -0.1) is 0 Å². The van der Waals surface area contributed by atoms with E-state index in [-0.39, 0.29) is 31.1 Å². The summed E-state index contributed by atoms with van der Waals surface area (Å²) in [7, 11) is 0. The lowest BCUT2D eigenvalue weighted by atomic mass is 9.99. The molecule has 0 aliphatic heterocycles. The lowest BCUT2D eigenvalue weighted by Gasteiger charge is -2.18. The van der Waals surface area contributed by atoms with Gasteiger partial charge in [0.05, 0.1) is 0 Å². The highest BCUT2D eigenvalue weighted by Crippen LogP contribution is 2.18. The van der Waals surface area contributed by atoms with Crippen molar-refractivity contribution in [1.82, 2.24) is 0 Å². The molecule has 0 fully saturated rings. The van der Waals surface area contributed by atoms with Gasteiger partial charge >= 0.3 is 17.9 Å². The van der Waals surface area contributed by atoms with Crippen LogP contribution in [-0.4, -0.2) is 37.2 Å². The first-order valence-corrected chi connectivity index (χ1v) is 28.4. The fraction of sp³-hybridized carbons (Fsp3) is 0.947. The second-order valence-electron chi connectivity index (χ2n) is 19.8. The van der Waals surface area contributed by atoms with Crippen LogP contribution in [-0.2, 0) is 28.6 Å². The fourth-order valence-electron chi connectivity index (χ4n) is 8.72. The molecular formula is C57H110O6. The lowest BCUT2D eigenvalue weighted by molar-refractivity contribution is -0.167. The molecule has 1 unspecified atom stereocenters. The third kappa shape index (κ3) is 49.7. The Labute approximate surface area is 393 Å². The van der Waals surface area contributed by atoms with E-state index in [4.69, 9.17) is 14.2 Å². The average Bonchev–Trinajstić information content (AvgIpc) is 3.28. The van der Waals surface area contributed by atoms with E-state index in [2.05, 4.69) is 27.7 Å². The van der Waals surface area contributed by atoms with Crippen LogP contribution in [0, 0.1) is 5.92 Å². The second-order valence-corrected chi connectivity index (χ2v) is 19.8. The van der Waals surface area contributed by atoms with Gasteiger partial charge in [-0.1, -0.05) is 285 Å². The Balaban J connectivity index is 4.25. The summed E-state index contributed by atoms with van der Waals surface area (Å²) in [4.78, 5) is 38.1. The maximum Gasteiger partial charge on any atom is 0.306 e. The maximum atomic E-state index is 12.8. The van der Waals surface area contributed by atoms with E-state index in [1.54, 1.807) is 0 Å². The first-order chi connectivity index (χ1) is 30.9. The number of hydrogen-bond acceptors (Lipinski definition) is 6. The van der Waals surface area contributed by atoms with Crippen LogP contribution < -0.4 is 0 Å². The highest BCUT2D eigenvalue weighted by molar-refractivity contribution is 5.71. The summed E-state index contributed by atoms with van der Waals surface area (Å²) in [5.41, 5.74) is 0. The monoisotopic (exact) mass is 891 g/mol. The molecule has 0 radical (unpaired) electrons. The van der Waals surface area contributed by atoms with E-state index in [9.17, 15) is 14.4 Å². The van der Waals surface area contributed by atoms with E-state index < -0.39 is 6.10 Å². The zero-order valence-corrected chi connectivity index (χ0v) is 43.0. The van der Waals surface area contributed by atoms with Crippen LogP contribution >= 0.6 is 0 Å². The number of rotatable bonds is 52. The molecule has 0 aromatic rings. The van der Waals surface area contributed by atoms with Crippen LogP contribution in [0.1, 0.15) is 323 Å². The highest BCUT2D eigenvalue weighted by Gasteiger charge is 2.19. The molecule has 0 spiro atoms. The van der Waals surface area contributed by atoms with Gasteiger partial charge in [-0.05, 0) is 25.2 Å². The summed E-state index contributed by atoms with van der Waals surface area (Å²) in [5, 5.41) is 0. The first kappa shape index (κ1) is 61.4. The van der Waals surface area contributed by atoms with Crippen molar-refractivity contribution >= 4 is 17.9 Å². The van der Waals surface area contributed by atoms with Gasteiger partial charge in [0.15, 0.2) is 6.10 Å². The summed E-state index contributed by atoms with van der Waals surface area (Å²) < 4.78 is 16.9. The molecule has 0 aliphatic carbocycles. The Morgan fingerprint density at radius 3 is 0.825 bits per heavy atom. The molecule has 0 saturated heterocycles. The zero-order valence-electron chi connectivity index (χ0n) is 43.0. The molecule has 0 heterocycles. The van der Waals surface area contributed by atoms with Gasteiger partial charge < -0.3 is 14.2 Å². The molecule has 0 bridgehead atoms. The zero-order chi connectivity index (χ0) is 45.9. The SMILES string of the molecule is CCCCCCCCCCCCCCCCCCC(=O)OC[C@@H](COC(=O)CCCCCCCCCCCCCCCCC(C)CC)OC(=O)CCCCCCCCCCCCC. The third-order valence-electron chi connectivity index (χ3n) is 13.4. The summed E-state index contributed by atoms with van der Waals surface area (Å²) in [6, 6.07) is 0. The molecule has 6 heteroatoms. The van der Waals surface area contributed by atoms with Crippen LogP contribution in [0.2, 0.25) is 0 Å². The van der Waals surface area contributed by atoms with Crippen molar-refractivity contribution in [2.75, 3.05) is 13.2 Å². The van der Waals surface area contributed by atoms with Crippen LogP contribution in [0.25, 0.3) is 0 Å². The molecule has 374 valence electrons. The fourth-order valence-corrected chi connectivity index (χ4v) is 8.72. The predicted molar refractivity (Wildman–Crippen MR) is 270 cm³/mol. The Morgan fingerprint density at radius 1 is 0.317 bits per heavy atom. The molecular weight excluding hydrogens is 781 g/mol. The predicted octanol–water partition coefficient (Wildman–Crippen LogP) is 18.6. The van der Waals surface area contributed by atoms with Crippen LogP contribution in [0.5, 0.6) is 0 Å². The molecule has 0 aromatic carbocycles. The first-order valence-electron chi connectivity index (χ1n) is 28.4. The third-order valence-corrected chi connectivity index (χ3v) is 13.4. The minimum absolute atomic E-state index is 0.0620. The molecule has 0 aromatic heterocycles. The van der Waals surface area contributed by atoms with Crippen molar-refractivity contribution in [3.05, 3.63) is 0 Å². The Morgan fingerprint density at radius 2 is 0.556 bits per heavy atom. The molecule has 0 rings (SSSR count). The number of unbranched alkanes of at least 4 members (excludes halogenated alkanes) is 38. The number of carbonyl (C=O) groups is 3. The molecule has 2 atom stereocenters. The van der Waals surface area contributed by atoms with Gasteiger partial charge in [0.1, 0.15) is 13.2 Å². The number of esters is 3. The quantitative estimate of drug-likeness (QED) is 0.0344. The van der Waals surface area contributed by atoms with Gasteiger partial charge in [0, 0.05) is 19.3 Å². The van der Waals surface area contributed by atoms with Crippen molar-refractivity contribution in [1.29, 1.82) is 0 Å². The van der Waals surface area contributed by atoms with E-state index in [0.717, 1.165) is 63.7 Å². The molecule has 0 saturated carbocycles. The Bertz CT molecular complexity index is 951. The highest BCUT2D eigenvalue weighted by atomic mass is 16.6. The minimum atomic E-state index is -0.761. The van der Waals surface area contributed by atoms with Gasteiger partial charge in [-0.2, -0.15) is 0 Å². The van der Waals surface area contributed by atoms with Crippen molar-refractivity contribution in [3.63, 3.8) is 0 Å². The lowest BCUT2D eigenvalue weighted by Crippen LogP contribution is -2.30. The Hall–Kier alpha value is -1.59. The molecule has 6 nitrogen and oxygen atoms in total. The van der Waals surface area contributed by atoms with E-state index in [1.165, 1.54) is 218 Å². The summed E-state index contributed by atoms with van der Waals surface area (Å²) in [6.07, 6.45) is 55.1. The number of carbonyl (C=O) groups excluding carboxylic acids is 3. The van der Waals surface area contributed by atoms with Crippen molar-refractivity contribution < 1.29 is 28.6 Å². The molecule has 63 heavy (non-hydrogen) atoms. The van der Waals surface area contributed by atoms with Gasteiger partial charge in [-0.25, -0.2) is 0 Å². The van der Waals surface area contributed by atoms with Gasteiger partial charge in [0.2, 0.25) is 0 Å². The van der Waals surface area contributed by atoms with E-state index >= 15 is 0 Å². The molecule has 0 N–H and O–H groups in total. The second kappa shape index (κ2) is 51.4. The van der Waals surface area contributed by atoms with Crippen molar-refractivity contribution in [2.45, 2.75) is 329 Å². The van der Waals surface area contributed by atoms with E-state index in [1.807, 2.05) is 0 Å². The average molecular weight is 892 g/mol. The van der Waals surface area contributed by atoms with E-state index in [0.29, 0.717) is 19.3 Å². The topological polar surface area (TPSA) is 78.9 Å². The van der Waals surface area contributed by atoms with Crippen molar-refractivity contribution in [2.24, 2.45) is 5.92 Å². The maximum absolute atomic E-state index is 12.8. The van der Waals surface area contributed by atoms with Gasteiger partial charge in [0.25, 0.3) is 0 Å². The molecule has 0 aliphatic rings. The minimum Gasteiger partial charge on any atom is -0.462 e. The summed E-state index contributed by atoms with van der Waals surface area (Å²) in [5.74, 6) is 0.0581. The summed E-state index contributed by atoms with van der Waals surface area (Å²) in [6.45, 7) is 9.09. The summed E-state index contributed by atoms with van der Waals surface area (Å²) >= 11 is 0. The number of hydrogen-bond donors (Lipinski definition) is 0. The number of ether oxygens (including phenoxy) is 3. The van der Waals surface area contributed by atoms with Crippen LogP contribution in [0.15, 0.2) is 0 Å². The largest absolute Gasteiger partial charge is 0.462 e.